The second kappa shape index (κ2) is 5.42. The Kier molecular flexibility index (Phi) is 4.38. The lowest BCUT2D eigenvalue weighted by atomic mass is 9.85. The number of methoxy groups -OCH3 is 1. The summed E-state index contributed by atoms with van der Waals surface area (Å²) in [7, 11) is 3.14. The normalized spacial score (nSPS) is 11.2. The van der Waals surface area contributed by atoms with Gasteiger partial charge in [-0.1, -0.05) is 39.0 Å². The Hall–Kier alpha value is -1.51. The third-order valence-corrected chi connectivity index (χ3v) is 3.10. The number of carbonyl (C=O) groups is 1. The standard InChI is InChI=1S/C15H23NO2/c1-11-9-13(15(2,3)4)8-7-12(11)10-16(5)14(17)18-6/h7-9H,10H2,1-6H3. The van der Waals surface area contributed by atoms with Crippen molar-refractivity contribution in [2.45, 2.75) is 39.7 Å². The molecule has 0 heterocycles. The summed E-state index contributed by atoms with van der Waals surface area (Å²) in [4.78, 5) is 12.9. The van der Waals surface area contributed by atoms with Crippen LogP contribution in [0.4, 0.5) is 4.79 Å². The van der Waals surface area contributed by atoms with E-state index in [9.17, 15) is 4.79 Å². The van der Waals surface area contributed by atoms with Gasteiger partial charge >= 0.3 is 6.09 Å². The Balaban J connectivity index is 2.90. The minimum absolute atomic E-state index is 0.150. The van der Waals surface area contributed by atoms with Crippen LogP contribution in [0, 0.1) is 6.92 Å². The number of hydrogen-bond acceptors (Lipinski definition) is 2. The van der Waals surface area contributed by atoms with Gasteiger partial charge in [-0.25, -0.2) is 4.79 Å². The Morgan fingerprint density at radius 1 is 1.33 bits per heavy atom. The molecule has 0 spiro atoms. The maximum absolute atomic E-state index is 11.4. The molecule has 100 valence electrons. The lowest BCUT2D eigenvalue weighted by molar-refractivity contribution is 0.131. The molecule has 1 rings (SSSR count). The number of ether oxygens (including phenoxy) is 1. The molecular formula is C15H23NO2. The highest BCUT2D eigenvalue weighted by molar-refractivity contribution is 5.67. The molecule has 18 heavy (non-hydrogen) atoms. The van der Waals surface area contributed by atoms with Crippen LogP contribution in [0.1, 0.15) is 37.5 Å². The molecule has 0 aliphatic carbocycles. The lowest BCUT2D eigenvalue weighted by Crippen LogP contribution is -2.26. The summed E-state index contributed by atoms with van der Waals surface area (Å²) in [6, 6.07) is 6.42. The fourth-order valence-corrected chi connectivity index (χ4v) is 1.82. The van der Waals surface area contributed by atoms with Crippen molar-refractivity contribution >= 4 is 6.09 Å². The maximum Gasteiger partial charge on any atom is 0.409 e. The van der Waals surface area contributed by atoms with Crippen molar-refractivity contribution in [3.63, 3.8) is 0 Å². The summed E-state index contributed by atoms with van der Waals surface area (Å²) >= 11 is 0. The van der Waals surface area contributed by atoms with Gasteiger partial charge in [-0.15, -0.1) is 0 Å². The Morgan fingerprint density at radius 2 is 1.94 bits per heavy atom. The van der Waals surface area contributed by atoms with Crippen molar-refractivity contribution in [3.05, 3.63) is 34.9 Å². The molecular weight excluding hydrogens is 226 g/mol. The molecule has 0 saturated carbocycles. The van der Waals surface area contributed by atoms with Gasteiger partial charge in [-0.3, -0.25) is 0 Å². The molecule has 0 unspecified atom stereocenters. The van der Waals surface area contributed by atoms with Crippen LogP contribution in [0.15, 0.2) is 18.2 Å². The van der Waals surface area contributed by atoms with Crippen molar-refractivity contribution in [1.82, 2.24) is 4.90 Å². The molecule has 0 radical (unpaired) electrons. The Morgan fingerprint density at radius 3 is 2.39 bits per heavy atom. The van der Waals surface area contributed by atoms with Crippen LogP contribution in [0.5, 0.6) is 0 Å². The second-order valence-electron chi connectivity index (χ2n) is 5.72. The first-order chi connectivity index (χ1) is 8.25. The van der Waals surface area contributed by atoms with Gasteiger partial charge in [0.1, 0.15) is 0 Å². The minimum atomic E-state index is -0.311. The van der Waals surface area contributed by atoms with Crippen molar-refractivity contribution in [2.24, 2.45) is 0 Å². The van der Waals surface area contributed by atoms with Gasteiger partial charge < -0.3 is 9.64 Å². The van der Waals surface area contributed by atoms with Gasteiger partial charge in [0, 0.05) is 13.6 Å². The van der Waals surface area contributed by atoms with E-state index in [1.807, 2.05) is 0 Å². The number of amides is 1. The molecule has 0 aliphatic rings. The molecule has 3 nitrogen and oxygen atoms in total. The molecule has 1 aromatic carbocycles. The Bertz CT molecular complexity index is 433. The monoisotopic (exact) mass is 249 g/mol. The first-order valence-corrected chi connectivity index (χ1v) is 6.15. The minimum Gasteiger partial charge on any atom is -0.453 e. The highest BCUT2D eigenvalue weighted by Crippen LogP contribution is 2.24. The van der Waals surface area contributed by atoms with Crippen LogP contribution in [-0.2, 0) is 16.7 Å². The number of hydrogen-bond donors (Lipinski definition) is 0. The van der Waals surface area contributed by atoms with Crippen LogP contribution in [0.25, 0.3) is 0 Å². The summed E-state index contributed by atoms with van der Waals surface area (Å²) in [5, 5.41) is 0. The first-order valence-electron chi connectivity index (χ1n) is 6.15. The summed E-state index contributed by atoms with van der Waals surface area (Å²) in [5.41, 5.74) is 3.82. The van der Waals surface area contributed by atoms with Crippen LogP contribution in [0.2, 0.25) is 0 Å². The van der Waals surface area contributed by atoms with E-state index in [1.54, 1.807) is 11.9 Å². The number of aryl methyl sites for hydroxylation is 1. The summed E-state index contributed by atoms with van der Waals surface area (Å²) in [6.45, 7) is 9.24. The van der Waals surface area contributed by atoms with E-state index in [0.717, 1.165) is 5.56 Å². The summed E-state index contributed by atoms with van der Waals surface area (Å²) < 4.78 is 4.69. The van der Waals surface area contributed by atoms with Gasteiger partial charge in [0.25, 0.3) is 0 Å². The molecule has 0 bridgehead atoms. The lowest BCUT2D eigenvalue weighted by Gasteiger charge is -2.22. The first kappa shape index (κ1) is 14.6. The third kappa shape index (κ3) is 3.49. The van der Waals surface area contributed by atoms with E-state index in [1.165, 1.54) is 18.2 Å². The molecule has 0 saturated heterocycles. The zero-order valence-electron chi connectivity index (χ0n) is 12.2. The average Bonchev–Trinajstić information content (AvgIpc) is 2.29. The SMILES string of the molecule is COC(=O)N(C)Cc1ccc(C(C)(C)C)cc1C. The summed E-state index contributed by atoms with van der Waals surface area (Å²) in [6.07, 6.45) is -0.311. The largest absolute Gasteiger partial charge is 0.453 e. The van der Waals surface area contributed by atoms with Crippen LogP contribution < -0.4 is 0 Å². The number of rotatable bonds is 2. The molecule has 0 N–H and O–H groups in total. The molecule has 0 aliphatic heterocycles. The number of carbonyl (C=O) groups excluding carboxylic acids is 1. The molecule has 3 heteroatoms. The highest BCUT2D eigenvalue weighted by atomic mass is 16.5. The molecule has 0 aromatic heterocycles. The molecule has 0 fully saturated rings. The van der Waals surface area contributed by atoms with Gasteiger partial charge in [0.2, 0.25) is 0 Å². The van der Waals surface area contributed by atoms with Crippen LogP contribution in [-0.4, -0.2) is 25.2 Å². The highest BCUT2D eigenvalue weighted by Gasteiger charge is 2.15. The van der Waals surface area contributed by atoms with Gasteiger partial charge in [0.15, 0.2) is 0 Å². The van der Waals surface area contributed by atoms with Gasteiger partial charge in [0.05, 0.1) is 7.11 Å². The smallest absolute Gasteiger partial charge is 0.409 e. The van der Waals surface area contributed by atoms with E-state index >= 15 is 0 Å². The molecule has 0 atom stereocenters. The van der Waals surface area contributed by atoms with Gasteiger partial charge in [-0.2, -0.15) is 0 Å². The molecule has 1 aromatic rings. The van der Waals surface area contributed by atoms with Crippen LogP contribution in [0.3, 0.4) is 0 Å². The van der Waals surface area contributed by atoms with E-state index in [2.05, 4.69) is 50.6 Å². The van der Waals surface area contributed by atoms with Crippen molar-refractivity contribution < 1.29 is 9.53 Å². The van der Waals surface area contributed by atoms with Crippen molar-refractivity contribution in [1.29, 1.82) is 0 Å². The number of benzene rings is 1. The zero-order chi connectivity index (χ0) is 13.9. The average molecular weight is 249 g/mol. The van der Waals surface area contributed by atoms with Crippen molar-refractivity contribution in [2.75, 3.05) is 14.2 Å². The summed E-state index contributed by atoms with van der Waals surface area (Å²) in [5.74, 6) is 0. The van der Waals surface area contributed by atoms with E-state index in [-0.39, 0.29) is 11.5 Å². The van der Waals surface area contributed by atoms with Crippen molar-refractivity contribution in [3.8, 4) is 0 Å². The quantitative estimate of drug-likeness (QED) is 0.803. The second-order valence-corrected chi connectivity index (χ2v) is 5.72. The predicted molar refractivity (Wildman–Crippen MR) is 73.8 cm³/mol. The fourth-order valence-electron chi connectivity index (χ4n) is 1.82. The van der Waals surface area contributed by atoms with E-state index in [0.29, 0.717) is 6.54 Å². The topological polar surface area (TPSA) is 29.5 Å². The van der Waals surface area contributed by atoms with E-state index < -0.39 is 0 Å². The molecule has 1 amide bonds. The van der Waals surface area contributed by atoms with E-state index in [4.69, 9.17) is 0 Å². The maximum atomic E-state index is 11.4. The van der Waals surface area contributed by atoms with Gasteiger partial charge in [-0.05, 0) is 29.0 Å². The predicted octanol–water partition coefficient (Wildman–Crippen LogP) is 3.49. The third-order valence-electron chi connectivity index (χ3n) is 3.10. The fraction of sp³-hybridized carbons (Fsp3) is 0.533. The van der Waals surface area contributed by atoms with Crippen LogP contribution >= 0.6 is 0 Å². The Labute approximate surface area is 110 Å². The number of nitrogens with zero attached hydrogens (tertiary/aromatic N) is 1. The zero-order valence-corrected chi connectivity index (χ0v) is 12.2.